The van der Waals surface area contributed by atoms with Crippen LogP contribution in [0.3, 0.4) is 0 Å². The number of hydrogen-bond donors (Lipinski definition) is 1. The molecule has 2 aliphatic rings. The van der Waals surface area contributed by atoms with Crippen LogP contribution in [0.2, 0.25) is 0 Å². The molecule has 2 aliphatic heterocycles. The van der Waals surface area contributed by atoms with Crippen molar-refractivity contribution in [2.24, 2.45) is 0 Å². The molecular weight excluding hydrogens is 495 g/mol. The van der Waals surface area contributed by atoms with E-state index in [1.54, 1.807) is 29.4 Å². The Bertz CT molecular complexity index is 1520. The number of dihydropyridines is 1. The molecule has 9 heteroatoms. The van der Waals surface area contributed by atoms with E-state index in [-0.39, 0.29) is 12.2 Å². The first-order chi connectivity index (χ1) is 18.9. The number of benzene rings is 1. The Morgan fingerprint density at radius 1 is 1.23 bits per heavy atom. The van der Waals surface area contributed by atoms with Gasteiger partial charge in [0.25, 0.3) is 0 Å². The molecule has 0 saturated heterocycles. The first-order valence-electron chi connectivity index (χ1n) is 12.8. The monoisotopic (exact) mass is 526 g/mol. The van der Waals surface area contributed by atoms with Crippen molar-refractivity contribution < 1.29 is 13.9 Å². The Balaban J connectivity index is 1.66. The molecule has 8 nitrogen and oxygen atoms in total. The number of carbonyl (C=O) groups is 1. The van der Waals surface area contributed by atoms with Crippen LogP contribution in [0.15, 0.2) is 54.5 Å². The molecule has 5 rings (SSSR count). The maximum absolute atomic E-state index is 15.7. The fourth-order valence-electron chi connectivity index (χ4n) is 4.78. The van der Waals surface area contributed by atoms with E-state index in [0.717, 1.165) is 30.8 Å². The second-order valence-electron chi connectivity index (χ2n) is 9.90. The minimum Gasteiger partial charge on any atom is -0.489 e. The van der Waals surface area contributed by atoms with Gasteiger partial charge >= 0.3 is 0 Å². The third-order valence-corrected chi connectivity index (χ3v) is 6.74. The summed E-state index contributed by atoms with van der Waals surface area (Å²) in [7, 11) is 7.77. The second-order valence-corrected chi connectivity index (χ2v) is 9.90. The van der Waals surface area contributed by atoms with Gasteiger partial charge in [-0.15, -0.1) is 0 Å². The van der Waals surface area contributed by atoms with Crippen LogP contribution >= 0.6 is 0 Å². The van der Waals surface area contributed by atoms with Gasteiger partial charge in [0.1, 0.15) is 29.9 Å². The summed E-state index contributed by atoms with van der Waals surface area (Å²) in [6.45, 7) is 1.63. The summed E-state index contributed by atoms with van der Waals surface area (Å²) in [6.07, 6.45) is 10.7. The minimum absolute atomic E-state index is 0.126. The van der Waals surface area contributed by atoms with Gasteiger partial charge < -0.3 is 19.9 Å². The predicted molar refractivity (Wildman–Crippen MR) is 152 cm³/mol. The van der Waals surface area contributed by atoms with Crippen LogP contribution in [-0.2, 0) is 4.79 Å². The molecule has 0 spiro atoms. The molecule has 1 atom stereocenters. The van der Waals surface area contributed by atoms with E-state index in [1.807, 2.05) is 51.3 Å². The van der Waals surface area contributed by atoms with Gasteiger partial charge in [0, 0.05) is 57.1 Å². The molecule has 0 bridgehead atoms. The molecule has 1 amide bonds. The van der Waals surface area contributed by atoms with Crippen LogP contribution in [0.1, 0.15) is 12.1 Å². The van der Waals surface area contributed by atoms with Gasteiger partial charge in [0.05, 0.1) is 34.0 Å². The molecular formula is C30H31FN6O2. The fourth-order valence-corrected chi connectivity index (χ4v) is 4.78. The zero-order valence-electron chi connectivity index (χ0n) is 22.5. The average Bonchev–Trinajstić information content (AvgIpc) is 3.10. The first kappa shape index (κ1) is 26.2. The third kappa shape index (κ3) is 5.16. The molecule has 200 valence electrons. The summed E-state index contributed by atoms with van der Waals surface area (Å²) in [5.74, 6) is 6.04. The highest BCUT2D eigenvalue weighted by molar-refractivity contribution is 6.09. The normalized spacial score (nSPS) is 16.1. The molecule has 3 aromatic rings. The first-order valence-corrected chi connectivity index (χ1v) is 12.8. The lowest BCUT2D eigenvalue weighted by atomic mass is 10.00. The zero-order valence-corrected chi connectivity index (χ0v) is 22.5. The average molecular weight is 527 g/mol. The van der Waals surface area contributed by atoms with Crippen molar-refractivity contribution in [2.75, 3.05) is 57.7 Å². The number of nitrogens with one attached hydrogen (secondary N) is 1. The molecule has 1 aromatic carbocycles. The van der Waals surface area contributed by atoms with E-state index < -0.39 is 11.9 Å². The highest BCUT2D eigenvalue weighted by atomic mass is 19.1. The highest BCUT2D eigenvalue weighted by Gasteiger charge is 2.34. The molecule has 0 fully saturated rings. The standard InChI is InChI=1S/C30H31FN6O2/c1-35(2)14-8-6-9-21-12-11-20(16-33-21)27-22(31)15-24-28-29(25(17-34-24)36(3)4)37(19-38)26(18-39-30(27)28)23-10-5-7-13-32-23/h5,7,10-12,15-17,19,26,32H,8,13-14,18H2,1-4H3. The van der Waals surface area contributed by atoms with E-state index in [4.69, 9.17) is 4.74 Å². The zero-order chi connectivity index (χ0) is 27.5. The van der Waals surface area contributed by atoms with Gasteiger partial charge in [-0.05, 0) is 38.2 Å². The Hall–Kier alpha value is -4.42. The van der Waals surface area contributed by atoms with Gasteiger partial charge in [0.2, 0.25) is 6.41 Å². The van der Waals surface area contributed by atoms with Gasteiger partial charge in [-0.1, -0.05) is 18.1 Å². The summed E-state index contributed by atoms with van der Waals surface area (Å²) in [6, 6.07) is 4.52. The molecule has 39 heavy (non-hydrogen) atoms. The van der Waals surface area contributed by atoms with Gasteiger partial charge in [-0.25, -0.2) is 9.37 Å². The number of amides is 1. The molecule has 2 aromatic heterocycles. The van der Waals surface area contributed by atoms with Crippen molar-refractivity contribution in [3.63, 3.8) is 0 Å². The number of allylic oxidation sites excluding steroid dienone is 2. The number of carbonyl (C=O) groups excluding carboxylic acids is 1. The second kappa shape index (κ2) is 11.1. The highest BCUT2D eigenvalue weighted by Crippen LogP contribution is 2.48. The molecule has 0 saturated carbocycles. The number of nitrogens with zero attached hydrogens (tertiary/aromatic N) is 5. The van der Waals surface area contributed by atoms with Crippen molar-refractivity contribution in [1.82, 2.24) is 20.2 Å². The van der Waals surface area contributed by atoms with E-state index in [2.05, 4.69) is 32.0 Å². The van der Waals surface area contributed by atoms with Crippen molar-refractivity contribution >= 4 is 28.7 Å². The number of pyridine rings is 2. The quantitative estimate of drug-likeness (QED) is 0.389. The maximum atomic E-state index is 15.7. The van der Waals surface area contributed by atoms with E-state index >= 15 is 4.39 Å². The number of hydrogen-bond acceptors (Lipinski definition) is 7. The van der Waals surface area contributed by atoms with Crippen molar-refractivity contribution in [3.8, 4) is 28.7 Å². The summed E-state index contributed by atoms with van der Waals surface area (Å²) < 4.78 is 22.1. The third-order valence-electron chi connectivity index (χ3n) is 6.74. The van der Waals surface area contributed by atoms with Crippen LogP contribution < -0.4 is 19.9 Å². The number of aromatic nitrogens is 2. The van der Waals surface area contributed by atoms with Gasteiger partial charge in [-0.3, -0.25) is 14.7 Å². The van der Waals surface area contributed by atoms with Crippen LogP contribution in [0, 0.1) is 17.7 Å². The van der Waals surface area contributed by atoms with Crippen molar-refractivity contribution in [2.45, 2.75) is 12.5 Å². The molecule has 1 unspecified atom stereocenters. The van der Waals surface area contributed by atoms with Gasteiger partial charge in [-0.2, -0.15) is 0 Å². The van der Waals surface area contributed by atoms with Crippen molar-refractivity contribution in [3.05, 3.63) is 66.0 Å². The molecule has 0 aliphatic carbocycles. The van der Waals surface area contributed by atoms with Gasteiger partial charge in [0.15, 0.2) is 0 Å². The number of halogens is 1. The minimum atomic E-state index is -0.478. The van der Waals surface area contributed by atoms with Crippen LogP contribution in [0.4, 0.5) is 15.8 Å². The molecule has 0 radical (unpaired) electrons. The smallest absolute Gasteiger partial charge is 0.214 e. The van der Waals surface area contributed by atoms with Crippen LogP contribution in [-0.4, -0.2) is 75.2 Å². The lowest BCUT2D eigenvalue weighted by Gasteiger charge is -2.32. The van der Waals surface area contributed by atoms with E-state index in [0.29, 0.717) is 40.1 Å². The Labute approximate surface area is 227 Å². The SMILES string of the molecule is CN(C)CCC#Cc1ccc(-c2c(F)cc3ncc(N(C)C)c4c3c2OCC(C2=CC=CCN2)N4C=O)cn1. The summed E-state index contributed by atoms with van der Waals surface area (Å²) >= 11 is 0. The van der Waals surface area contributed by atoms with E-state index in [9.17, 15) is 4.79 Å². The van der Waals surface area contributed by atoms with Crippen LogP contribution in [0.25, 0.3) is 22.0 Å². The number of anilines is 2. The predicted octanol–water partition coefficient (Wildman–Crippen LogP) is 3.57. The number of ether oxygens (including phenoxy) is 1. The Kier molecular flexibility index (Phi) is 7.48. The van der Waals surface area contributed by atoms with Crippen molar-refractivity contribution in [1.29, 1.82) is 0 Å². The Morgan fingerprint density at radius 2 is 2.08 bits per heavy atom. The summed E-state index contributed by atoms with van der Waals surface area (Å²) in [5, 5.41) is 3.92. The summed E-state index contributed by atoms with van der Waals surface area (Å²) in [5.41, 5.74) is 4.02. The lowest BCUT2D eigenvalue weighted by molar-refractivity contribution is -0.107. The fraction of sp³-hybridized carbons (Fsp3) is 0.300. The molecule has 4 heterocycles. The number of rotatable bonds is 6. The Morgan fingerprint density at radius 3 is 2.74 bits per heavy atom. The maximum Gasteiger partial charge on any atom is 0.214 e. The topological polar surface area (TPSA) is 73.8 Å². The van der Waals surface area contributed by atoms with E-state index in [1.165, 1.54) is 6.07 Å². The van der Waals surface area contributed by atoms with Crippen LogP contribution in [0.5, 0.6) is 5.75 Å². The lowest BCUT2D eigenvalue weighted by Crippen LogP contribution is -2.44. The summed E-state index contributed by atoms with van der Waals surface area (Å²) in [4.78, 5) is 27.3. The largest absolute Gasteiger partial charge is 0.489 e. The molecule has 1 N–H and O–H groups in total.